The van der Waals surface area contributed by atoms with E-state index in [1.165, 1.54) is 4.90 Å². The fourth-order valence-electron chi connectivity index (χ4n) is 1.94. The normalized spacial score (nSPS) is 10.2. The first kappa shape index (κ1) is 16.5. The largest absolute Gasteiger partial charge is 0.484 e. The lowest BCUT2D eigenvalue weighted by atomic mass is 10.3. The van der Waals surface area contributed by atoms with Gasteiger partial charge in [-0.15, -0.1) is 0 Å². The number of amides is 2. The monoisotopic (exact) mass is 316 g/mol. The summed E-state index contributed by atoms with van der Waals surface area (Å²) in [6, 6.07) is 9.04. The van der Waals surface area contributed by atoms with Crippen LogP contribution in [0.2, 0.25) is 0 Å². The van der Waals surface area contributed by atoms with Crippen LogP contribution in [0.4, 0.5) is 0 Å². The highest BCUT2D eigenvalue weighted by Gasteiger charge is 2.12. The van der Waals surface area contributed by atoms with Crippen LogP contribution in [-0.2, 0) is 23.2 Å². The van der Waals surface area contributed by atoms with Gasteiger partial charge in [-0.2, -0.15) is 5.10 Å². The van der Waals surface area contributed by atoms with Gasteiger partial charge >= 0.3 is 0 Å². The number of aromatic nitrogens is 2. The molecule has 7 nitrogen and oxygen atoms in total. The van der Waals surface area contributed by atoms with Crippen molar-refractivity contribution in [3.63, 3.8) is 0 Å². The maximum absolute atomic E-state index is 12.0. The van der Waals surface area contributed by atoms with Crippen LogP contribution in [0.5, 0.6) is 5.75 Å². The molecule has 0 fully saturated rings. The van der Waals surface area contributed by atoms with Gasteiger partial charge in [0.25, 0.3) is 5.91 Å². The van der Waals surface area contributed by atoms with Crippen LogP contribution in [0, 0.1) is 0 Å². The van der Waals surface area contributed by atoms with Crippen molar-refractivity contribution in [2.75, 3.05) is 20.2 Å². The summed E-state index contributed by atoms with van der Waals surface area (Å²) in [6.45, 7) is 0.264. The van der Waals surface area contributed by atoms with E-state index in [-0.39, 0.29) is 25.0 Å². The number of benzene rings is 1. The maximum atomic E-state index is 12.0. The van der Waals surface area contributed by atoms with Crippen molar-refractivity contribution in [2.45, 2.75) is 6.54 Å². The topological polar surface area (TPSA) is 76.5 Å². The lowest BCUT2D eigenvalue weighted by molar-refractivity contribution is -0.132. The van der Waals surface area contributed by atoms with E-state index >= 15 is 0 Å². The first-order chi connectivity index (χ1) is 11.0. The highest BCUT2D eigenvalue weighted by atomic mass is 16.5. The second-order valence-corrected chi connectivity index (χ2v) is 5.15. The molecule has 0 atom stereocenters. The Balaban J connectivity index is 1.69. The van der Waals surface area contributed by atoms with Gasteiger partial charge in [0.15, 0.2) is 6.61 Å². The summed E-state index contributed by atoms with van der Waals surface area (Å²) in [5.41, 5.74) is 0.932. The Bertz CT molecular complexity index is 654. The number of aryl methyl sites for hydroxylation is 1. The van der Waals surface area contributed by atoms with Crippen LogP contribution in [0.3, 0.4) is 0 Å². The van der Waals surface area contributed by atoms with Gasteiger partial charge in [-0.1, -0.05) is 18.2 Å². The zero-order chi connectivity index (χ0) is 16.7. The molecule has 7 heteroatoms. The number of rotatable bonds is 7. The molecule has 23 heavy (non-hydrogen) atoms. The molecule has 1 aromatic carbocycles. The van der Waals surface area contributed by atoms with Gasteiger partial charge in [0, 0.05) is 32.4 Å². The molecule has 0 spiro atoms. The Kier molecular flexibility index (Phi) is 5.74. The minimum atomic E-state index is -0.336. The van der Waals surface area contributed by atoms with Crippen LogP contribution >= 0.6 is 0 Å². The molecular weight excluding hydrogens is 296 g/mol. The van der Waals surface area contributed by atoms with Gasteiger partial charge in [0.2, 0.25) is 5.91 Å². The van der Waals surface area contributed by atoms with Crippen molar-refractivity contribution in [3.05, 3.63) is 48.3 Å². The second-order valence-electron chi connectivity index (χ2n) is 5.15. The van der Waals surface area contributed by atoms with Crippen LogP contribution in [-0.4, -0.2) is 46.7 Å². The zero-order valence-electron chi connectivity index (χ0n) is 13.2. The number of para-hydroxylation sites is 1. The number of carbonyl (C=O) groups is 2. The summed E-state index contributed by atoms with van der Waals surface area (Å²) >= 11 is 0. The predicted octanol–water partition coefficient (Wildman–Crippen LogP) is 0.574. The Labute approximate surface area is 134 Å². The van der Waals surface area contributed by atoms with E-state index < -0.39 is 0 Å². The third kappa shape index (κ3) is 5.46. The smallest absolute Gasteiger partial charge is 0.258 e. The fraction of sp³-hybridized carbons (Fsp3) is 0.312. The molecule has 1 heterocycles. The molecule has 0 radical (unpaired) electrons. The first-order valence-corrected chi connectivity index (χ1v) is 7.20. The summed E-state index contributed by atoms with van der Waals surface area (Å²) < 4.78 is 6.99. The quantitative estimate of drug-likeness (QED) is 0.810. The average Bonchev–Trinajstić information content (AvgIpc) is 2.96. The molecule has 2 rings (SSSR count). The molecule has 0 aliphatic carbocycles. The minimum Gasteiger partial charge on any atom is -0.484 e. The van der Waals surface area contributed by atoms with Gasteiger partial charge in [0.1, 0.15) is 5.75 Å². The van der Waals surface area contributed by atoms with Gasteiger partial charge < -0.3 is 15.0 Å². The molecule has 1 aromatic heterocycles. The van der Waals surface area contributed by atoms with Crippen LogP contribution in [0.1, 0.15) is 5.56 Å². The Morgan fingerprint density at radius 1 is 1.30 bits per heavy atom. The lowest BCUT2D eigenvalue weighted by Crippen LogP contribution is -2.39. The van der Waals surface area contributed by atoms with E-state index in [9.17, 15) is 9.59 Å². The predicted molar refractivity (Wildman–Crippen MR) is 84.6 cm³/mol. The zero-order valence-corrected chi connectivity index (χ0v) is 13.2. The van der Waals surface area contributed by atoms with E-state index in [1.807, 2.05) is 31.4 Å². The van der Waals surface area contributed by atoms with E-state index in [0.717, 1.165) is 5.56 Å². The first-order valence-electron chi connectivity index (χ1n) is 7.20. The van der Waals surface area contributed by atoms with Gasteiger partial charge in [-0.25, -0.2) is 0 Å². The number of ether oxygens (including phenoxy) is 1. The minimum absolute atomic E-state index is 0.0618. The molecule has 2 amide bonds. The number of hydrogen-bond donors (Lipinski definition) is 1. The molecule has 0 bridgehead atoms. The molecule has 2 aromatic rings. The third-order valence-corrected chi connectivity index (χ3v) is 3.15. The van der Waals surface area contributed by atoms with Crippen molar-refractivity contribution in [2.24, 2.45) is 7.05 Å². The molecule has 0 aliphatic heterocycles. The highest BCUT2D eigenvalue weighted by Crippen LogP contribution is 2.07. The number of nitrogens with one attached hydrogen (secondary N) is 1. The van der Waals surface area contributed by atoms with E-state index in [0.29, 0.717) is 12.3 Å². The van der Waals surface area contributed by atoms with Crippen LogP contribution in [0.15, 0.2) is 42.7 Å². The number of likely N-dealkylation sites (N-methyl/N-ethyl adjacent to an activating group) is 1. The lowest BCUT2D eigenvalue weighted by Gasteiger charge is -2.16. The molecule has 0 unspecified atom stereocenters. The standard InChI is InChI=1S/C16H20N4O3/c1-19(10-13-8-18-20(2)11-13)16(22)9-17-15(21)12-23-14-6-4-3-5-7-14/h3-8,11H,9-10,12H2,1-2H3,(H,17,21). The molecule has 0 aliphatic rings. The molecular formula is C16H20N4O3. The Hall–Kier alpha value is -2.83. The van der Waals surface area contributed by atoms with Gasteiger partial charge in [-0.3, -0.25) is 14.3 Å². The van der Waals surface area contributed by atoms with E-state index in [1.54, 1.807) is 30.1 Å². The molecule has 0 saturated carbocycles. The number of hydrogen-bond acceptors (Lipinski definition) is 4. The summed E-state index contributed by atoms with van der Waals surface area (Å²) in [5, 5.41) is 6.60. The molecule has 122 valence electrons. The summed E-state index contributed by atoms with van der Waals surface area (Å²) in [7, 11) is 3.50. The highest BCUT2D eigenvalue weighted by molar-refractivity contribution is 5.85. The van der Waals surface area contributed by atoms with Crippen molar-refractivity contribution >= 4 is 11.8 Å². The maximum Gasteiger partial charge on any atom is 0.258 e. The van der Waals surface area contributed by atoms with Crippen molar-refractivity contribution < 1.29 is 14.3 Å². The average molecular weight is 316 g/mol. The van der Waals surface area contributed by atoms with Gasteiger partial charge in [-0.05, 0) is 12.1 Å². The summed E-state index contributed by atoms with van der Waals surface area (Å²) in [5.74, 6) is 0.0987. The summed E-state index contributed by atoms with van der Waals surface area (Å²) in [4.78, 5) is 25.2. The van der Waals surface area contributed by atoms with Crippen molar-refractivity contribution in [3.8, 4) is 5.75 Å². The number of nitrogens with zero attached hydrogens (tertiary/aromatic N) is 3. The third-order valence-electron chi connectivity index (χ3n) is 3.15. The number of carbonyl (C=O) groups excluding carboxylic acids is 2. The SMILES string of the molecule is CN(Cc1cnn(C)c1)C(=O)CNC(=O)COc1ccccc1. The van der Waals surface area contributed by atoms with E-state index in [4.69, 9.17) is 4.74 Å². The molecule has 0 saturated heterocycles. The fourth-order valence-corrected chi connectivity index (χ4v) is 1.94. The van der Waals surface area contributed by atoms with Crippen LogP contribution < -0.4 is 10.1 Å². The Morgan fingerprint density at radius 2 is 2.04 bits per heavy atom. The second kappa shape index (κ2) is 7.98. The Morgan fingerprint density at radius 3 is 2.70 bits per heavy atom. The molecule has 1 N–H and O–H groups in total. The van der Waals surface area contributed by atoms with Gasteiger partial charge in [0.05, 0.1) is 12.7 Å². The van der Waals surface area contributed by atoms with Crippen LogP contribution in [0.25, 0.3) is 0 Å². The van der Waals surface area contributed by atoms with E-state index in [2.05, 4.69) is 10.4 Å². The van der Waals surface area contributed by atoms with Crippen molar-refractivity contribution in [1.29, 1.82) is 0 Å². The summed E-state index contributed by atoms with van der Waals surface area (Å²) in [6.07, 6.45) is 3.55. The van der Waals surface area contributed by atoms with Crippen molar-refractivity contribution in [1.82, 2.24) is 20.0 Å².